The van der Waals surface area contributed by atoms with Gasteiger partial charge in [0.15, 0.2) is 0 Å². The van der Waals surface area contributed by atoms with Gasteiger partial charge in [-0.25, -0.2) is 4.79 Å². The second-order valence-electron chi connectivity index (χ2n) is 6.37. The largest absolute Gasteiger partial charge is 0.496 e. The molecule has 1 aromatic heterocycles. The number of aryl methyl sites for hydroxylation is 1. The summed E-state index contributed by atoms with van der Waals surface area (Å²) < 4.78 is 15.4. The SMILES string of the molecule is COCCOC(=O)c1c(C)[nH]c(C(=O)N(C)Cc2cc(Cl)ccc2OC)c1C. The number of benzene rings is 1. The van der Waals surface area contributed by atoms with Crippen LogP contribution < -0.4 is 4.74 Å². The van der Waals surface area contributed by atoms with E-state index < -0.39 is 5.97 Å². The average Bonchev–Trinajstić information content (AvgIpc) is 2.95. The molecule has 1 aromatic carbocycles. The predicted octanol–water partition coefficient (Wildman–Crippen LogP) is 3.37. The van der Waals surface area contributed by atoms with Crippen LogP contribution in [-0.4, -0.2) is 56.2 Å². The van der Waals surface area contributed by atoms with E-state index in [0.717, 1.165) is 5.56 Å². The van der Waals surface area contributed by atoms with Gasteiger partial charge in [-0.2, -0.15) is 0 Å². The number of hydrogen-bond donors (Lipinski definition) is 1. The number of H-pyrrole nitrogens is 1. The Hall–Kier alpha value is -2.51. The summed E-state index contributed by atoms with van der Waals surface area (Å²) in [5.74, 6) is -0.0917. The van der Waals surface area contributed by atoms with Gasteiger partial charge in [-0.05, 0) is 37.6 Å². The molecule has 152 valence electrons. The molecular weight excluding hydrogens is 384 g/mol. The fourth-order valence-electron chi connectivity index (χ4n) is 2.95. The molecule has 1 N–H and O–H groups in total. The van der Waals surface area contributed by atoms with E-state index in [0.29, 0.717) is 46.4 Å². The third-order valence-corrected chi connectivity index (χ3v) is 4.61. The highest BCUT2D eigenvalue weighted by Crippen LogP contribution is 2.25. The van der Waals surface area contributed by atoms with Gasteiger partial charge in [0.1, 0.15) is 18.1 Å². The number of nitrogens with zero attached hydrogens (tertiary/aromatic N) is 1. The van der Waals surface area contributed by atoms with Crippen LogP contribution in [0.2, 0.25) is 5.02 Å². The minimum absolute atomic E-state index is 0.150. The number of carbonyl (C=O) groups excluding carboxylic acids is 2. The number of nitrogens with one attached hydrogen (secondary N) is 1. The van der Waals surface area contributed by atoms with Crippen LogP contribution in [0, 0.1) is 13.8 Å². The fraction of sp³-hybridized carbons (Fsp3) is 0.400. The van der Waals surface area contributed by atoms with Crippen molar-refractivity contribution in [3.05, 3.63) is 51.3 Å². The van der Waals surface area contributed by atoms with Crippen LogP contribution in [0.4, 0.5) is 0 Å². The number of halogens is 1. The van der Waals surface area contributed by atoms with Crippen molar-refractivity contribution in [1.29, 1.82) is 0 Å². The Morgan fingerprint density at radius 3 is 2.54 bits per heavy atom. The number of esters is 1. The molecule has 0 spiro atoms. The Labute approximate surface area is 169 Å². The van der Waals surface area contributed by atoms with Gasteiger partial charge in [0, 0.05) is 37.0 Å². The monoisotopic (exact) mass is 408 g/mol. The number of methoxy groups -OCH3 is 2. The number of ether oxygens (including phenoxy) is 3. The molecule has 2 rings (SSSR count). The van der Waals surface area contributed by atoms with E-state index in [1.165, 1.54) is 12.0 Å². The summed E-state index contributed by atoms with van der Waals surface area (Å²) in [4.78, 5) is 29.8. The molecule has 7 nitrogen and oxygen atoms in total. The summed E-state index contributed by atoms with van der Waals surface area (Å²) in [5, 5.41) is 0.560. The number of amides is 1. The van der Waals surface area contributed by atoms with E-state index in [2.05, 4.69) is 4.98 Å². The van der Waals surface area contributed by atoms with Crippen LogP contribution in [0.1, 0.15) is 37.7 Å². The summed E-state index contributed by atoms with van der Waals surface area (Å²) in [6, 6.07) is 5.25. The standard InChI is InChI=1S/C20H25ClN2O5/c1-12-17(20(25)28-9-8-26-4)13(2)22-18(12)19(24)23(3)11-14-10-15(21)6-7-16(14)27-5/h6-7,10,22H,8-9,11H2,1-5H3. The molecule has 1 heterocycles. The lowest BCUT2D eigenvalue weighted by Gasteiger charge is -2.19. The second-order valence-corrected chi connectivity index (χ2v) is 6.81. The predicted molar refractivity (Wildman–Crippen MR) is 106 cm³/mol. The molecule has 2 aromatic rings. The van der Waals surface area contributed by atoms with Crippen molar-refractivity contribution >= 4 is 23.5 Å². The molecule has 0 saturated heterocycles. The Kier molecular flexibility index (Phi) is 7.48. The van der Waals surface area contributed by atoms with Gasteiger partial charge in [-0.3, -0.25) is 4.79 Å². The van der Waals surface area contributed by atoms with E-state index in [4.69, 9.17) is 25.8 Å². The zero-order valence-corrected chi connectivity index (χ0v) is 17.5. The topological polar surface area (TPSA) is 80.9 Å². The third-order valence-electron chi connectivity index (χ3n) is 4.37. The molecule has 0 unspecified atom stereocenters. The highest BCUT2D eigenvalue weighted by atomic mass is 35.5. The number of hydrogen-bond acceptors (Lipinski definition) is 5. The van der Waals surface area contributed by atoms with Gasteiger partial charge in [0.05, 0.1) is 19.3 Å². The highest BCUT2D eigenvalue weighted by molar-refractivity contribution is 6.30. The molecule has 0 atom stereocenters. The normalized spacial score (nSPS) is 10.6. The summed E-state index contributed by atoms with van der Waals surface area (Å²) in [6.45, 7) is 4.21. The number of aromatic amines is 1. The maximum absolute atomic E-state index is 13.0. The van der Waals surface area contributed by atoms with Crippen LogP contribution in [0.3, 0.4) is 0 Å². The molecule has 0 fully saturated rings. The Bertz CT molecular complexity index is 863. The third kappa shape index (κ3) is 4.85. The van der Waals surface area contributed by atoms with Crippen molar-refractivity contribution in [1.82, 2.24) is 9.88 Å². The van der Waals surface area contributed by atoms with Crippen molar-refractivity contribution in [2.75, 3.05) is 34.5 Å². The molecule has 0 aliphatic rings. The van der Waals surface area contributed by atoms with Crippen LogP contribution in [0.25, 0.3) is 0 Å². The first-order valence-electron chi connectivity index (χ1n) is 8.73. The lowest BCUT2D eigenvalue weighted by molar-refractivity contribution is 0.0387. The van der Waals surface area contributed by atoms with Gasteiger partial charge in [-0.1, -0.05) is 11.6 Å². The first-order valence-corrected chi connectivity index (χ1v) is 9.11. The van der Waals surface area contributed by atoms with Gasteiger partial charge in [0.2, 0.25) is 0 Å². The van der Waals surface area contributed by atoms with E-state index in [-0.39, 0.29) is 12.5 Å². The van der Waals surface area contributed by atoms with Crippen molar-refractivity contribution in [2.45, 2.75) is 20.4 Å². The Morgan fingerprint density at radius 1 is 1.18 bits per heavy atom. The molecule has 0 radical (unpaired) electrons. The molecule has 0 saturated carbocycles. The molecule has 28 heavy (non-hydrogen) atoms. The number of rotatable bonds is 8. The summed E-state index contributed by atoms with van der Waals surface area (Å²) in [5.41, 5.74) is 2.63. The number of carbonyl (C=O) groups is 2. The van der Waals surface area contributed by atoms with E-state index in [1.54, 1.807) is 46.2 Å². The molecule has 0 aliphatic heterocycles. The van der Waals surface area contributed by atoms with Crippen LogP contribution in [0.5, 0.6) is 5.75 Å². The lowest BCUT2D eigenvalue weighted by atomic mass is 10.1. The zero-order valence-electron chi connectivity index (χ0n) is 16.7. The molecule has 1 amide bonds. The lowest BCUT2D eigenvalue weighted by Crippen LogP contribution is -2.27. The van der Waals surface area contributed by atoms with Crippen LogP contribution in [-0.2, 0) is 16.0 Å². The summed E-state index contributed by atoms with van der Waals surface area (Å²) in [7, 11) is 4.77. The molecule has 0 bridgehead atoms. The van der Waals surface area contributed by atoms with E-state index in [1.807, 2.05) is 0 Å². The highest BCUT2D eigenvalue weighted by Gasteiger charge is 2.25. The van der Waals surface area contributed by atoms with E-state index >= 15 is 0 Å². The van der Waals surface area contributed by atoms with Crippen molar-refractivity contribution in [3.63, 3.8) is 0 Å². The fourth-order valence-corrected chi connectivity index (χ4v) is 3.14. The Morgan fingerprint density at radius 2 is 1.89 bits per heavy atom. The van der Waals surface area contributed by atoms with Gasteiger partial charge < -0.3 is 24.1 Å². The number of aromatic nitrogens is 1. The van der Waals surface area contributed by atoms with Gasteiger partial charge in [-0.15, -0.1) is 0 Å². The van der Waals surface area contributed by atoms with Gasteiger partial charge >= 0.3 is 5.97 Å². The average molecular weight is 409 g/mol. The second kappa shape index (κ2) is 9.61. The minimum Gasteiger partial charge on any atom is -0.496 e. The maximum atomic E-state index is 13.0. The van der Waals surface area contributed by atoms with Gasteiger partial charge in [0.25, 0.3) is 5.91 Å². The molecule has 0 aliphatic carbocycles. The molecular formula is C20H25ClN2O5. The van der Waals surface area contributed by atoms with Crippen molar-refractivity contribution in [3.8, 4) is 5.75 Å². The maximum Gasteiger partial charge on any atom is 0.340 e. The van der Waals surface area contributed by atoms with Crippen LogP contribution in [0.15, 0.2) is 18.2 Å². The Balaban J connectivity index is 2.21. The molecule has 8 heteroatoms. The minimum atomic E-state index is -0.485. The smallest absolute Gasteiger partial charge is 0.340 e. The van der Waals surface area contributed by atoms with Crippen molar-refractivity contribution < 1.29 is 23.8 Å². The quantitative estimate of drug-likeness (QED) is 0.535. The zero-order chi connectivity index (χ0) is 20.8. The van der Waals surface area contributed by atoms with Crippen molar-refractivity contribution in [2.24, 2.45) is 0 Å². The van der Waals surface area contributed by atoms with Crippen LogP contribution >= 0.6 is 11.6 Å². The first-order chi connectivity index (χ1) is 13.3. The summed E-state index contributed by atoms with van der Waals surface area (Å²) >= 11 is 6.06. The first kappa shape index (κ1) is 21.8. The van der Waals surface area contributed by atoms with E-state index in [9.17, 15) is 9.59 Å². The summed E-state index contributed by atoms with van der Waals surface area (Å²) in [6.07, 6.45) is 0.